The van der Waals surface area contributed by atoms with Crippen molar-refractivity contribution in [2.24, 2.45) is 11.8 Å². The van der Waals surface area contributed by atoms with Gasteiger partial charge < -0.3 is 10.6 Å². The summed E-state index contributed by atoms with van der Waals surface area (Å²) in [6.45, 7) is 0. The number of rotatable bonds is 2. The molecule has 0 saturated heterocycles. The maximum Gasteiger partial charge on any atom is 0.171 e. The number of fused-ring (bicyclic) bond motifs is 2. The maximum atomic E-state index is 5.94. The first-order chi connectivity index (χ1) is 8.70. The summed E-state index contributed by atoms with van der Waals surface area (Å²) >= 11 is 11.3. The molecule has 3 rings (SSSR count). The second-order valence-electron chi connectivity index (χ2n) is 5.00. The molecule has 0 unspecified atom stereocenters. The molecule has 0 amide bonds. The molecule has 0 aromatic heterocycles. The van der Waals surface area contributed by atoms with Gasteiger partial charge in [-0.2, -0.15) is 0 Å². The highest BCUT2D eigenvalue weighted by Crippen LogP contribution is 2.38. The van der Waals surface area contributed by atoms with Crippen LogP contribution in [-0.2, 0) is 0 Å². The molecule has 1 aromatic carbocycles. The van der Waals surface area contributed by atoms with Gasteiger partial charge in [-0.3, -0.25) is 0 Å². The lowest BCUT2D eigenvalue weighted by Crippen LogP contribution is -2.40. The van der Waals surface area contributed by atoms with Crippen LogP contribution in [0.15, 0.2) is 36.4 Å². The molecule has 94 valence electrons. The Balaban J connectivity index is 1.58. The van der Waals surface area contributed by atoms with E-state index in [1.807, 2.05) is 24.3 Å². The van der Waals surface area contributed by atoms with Crippen LogP contribution in [0.1, 0.15) is 12.8 Å². The third-order valence-corrected chi connectivity index (χ3v) is 4.13. The molecule has 0 spiro atoms. The second-order valence-corrected chi connectivity index (χ2v) is 5.84. The summed E-state index contributed by atoms with van der Waals surface area (Å²) in [7, 11) is 0. The number of hydrogen-bond acceptors (Lipinski definition) is 1. The van der Waals surface area contributed by atoms with E-state index in [-0.39, 0.29) is 0 Å². The van der Waals surface area contributed by atoms with Gasteiger partial charge in [0.2, 0.25) is 0 Å². The van der Waals surface area contributed by atoms with Gasteiger partial charge in [0, 0.05) is 16.8 Å². The molecular formula is C14H15ClN2S. The van der Waals surface area contributed by atoms with Crippen molar-refractivity contribution in [3.05, 3.63) is 41.4 Å². The SMILES string of the molecule is S=C(Nc1cccc(Cl)c1)N[C@H]1C[C@@H]2C=C[C@@H]1C2. The number of anilines is 1. The van der Waals surface area contributed by atoms with Gasteiger partial charge in [-0.1, -0.05) is 29.8 Å². The van der Waals surface area contributed by atoms with Crippen LogP contribution in [0.3, 0.4) is 0 Å². The van der Waals surface area contributed by atoms with Crippen LogP contribution >= 0.6 is 23.8 Å². The first-order valence-corrected chi connectivity index (χ1v) is 7.01. The lowest BCUT2D eigenvalue weighted by Gasteiger charge is -2.21. The molecule has 1 fully saturated rings. The van der Waals surface area contributed by atoms with Crippen molar-refractivity contribution >= 4 is 34.6 Å². The van der Waals surface area contributed by atoms with Crippen LogP contribution in [-0.4, -0.2) is 11.2 Å². The van der Waals surface area contributed by atoms with Crippen LogP contribution in [0.4, 0.5) is 5.69 Å². The van der Waals surface area contributed by atoms with Crippen LogP contribution in [0.5, 0.6) is 0 Å². The number of allylic oxidation sites excluding steroid dienone is 1. The Bertz CT molecular complexity index is 500. The van der Waals surface area contributed by atoms with Crippen LogP contribution in [0.25, 0.3) is 0 Å². The molecule has 1 saturated carbocycles. The molecule has 4 heteroatoms. The normalized spacial score (nSPS) is 28.4. The van der Waals surface area contributed by atoms with Gasteiger partial charge in [-0.25, -0.2) is 0 Å². The van der Waals surface area contributed by atoms with Gasteiger partial charge in [-0.15, -0.1) is 0 Å². The largest absolute Gasteiger partial charge is 0.359 e. The highest BCUT2D eigenvalue weighted by atomic mass is 35.5. The molecule has 0 radical (unpaired) electrons. The standard InChI is InChI=1S/C14H15ClN2S/c15-11-2-1-3-12(8-11)16-14(18)17-13-7-9-4-5-10(13)6-9/h1-5,8-10,13H,6-7H2,(H2,16,17,18)/t9-,10-,13+/m1/s1. The van der Waals surface area contributed by atoms with Gasteiger partial charge in [0.1, 0.15) is 0 Å². The van der Waals surface area contributed by atoms with Crippen LogP contribution in [0.2, 0.25) is 5.02 Å². The smallest absolute Gasteiger partial charge is 0.171 e. The highest BCUT2D eigenvalue weighted by molar-refractivity contribution is 7.80. The quantitative estimate of drug-likeness (QED) is 0.639. The predicted molar refractivity (Wildman–Crippen MR) is 80.0 cm³/mol. The molecule has 1 aromatic rings. The van der Waals surface area contributed by atoms with Crippen LogP contribution in [0, 0.1) is 11.8 Å². The molecule has 0 aliphatic heterocycles. The number of halogens is 1. The molecule has 2 N–H and O–H groups in total. The predicted octanol–water partition coefficient (Wildman–Crippen LogP) is 3.59. The lowest BCUT2D eigenvalue weighted by molar-refractivity contribution is 0.526. The Kier molecular flexibility index (Phi) is 3.27. The van der Waals surface area contributed by atoms with E-state index in [2.05, 4.69) is 22.8 Å². The maximum absolute atomic E-state index is 5.94. The van der Waals surface area contributed by atoms with Crippen molar-refractivity contribution in [1.82, 2.24) is 5.32 Å². The van der Waals surface area contributed by atoms with E-state index >= 15 is 0 Å². The fourth-order valence-corrected chi connectivity index (χ4v) is 3.31. The Labute approximate surface area is 117 Å². The second kappa shape index (κ2) is 4.90. The van der Waals surface area contributed by atoms with E-state index in [0.717, 1.165) is 11.6 Å². The monoisotopic (exact) mass is 278 g/mol. The Morgan fingerprint density at radius 1 is 1.28 bits per heavy atom. The van der Waals surface area contributed by atoms with Crippen molar-refractivity contribution in [2.75, 3.05) is 5.32 Å². The molecule has 2 bridgehead atoms. The van der Waals surface area contributed by atoms with E-state index in [4.69, 9.17) is 23.8 Å². The number of hydrogen-bond donors (Lipinski definition) is 2. The number of thiocarbonyl (C=S) groups is 1. The molecule has 18 heavy (non-hydrogen) atoms. The zero-order valence-corrected chi connectivity index (χ0v) is 11.5. The summed E-state index contributed by atoms with van der Waals surface area (Å²) < 4.78 is 0. The van der Waals surface area contributed by atoms with Crippen molar-refractivity contribution < 1.29 is 0 Å². The van der Waals surface area contributed by atoms with E-state index in [0.29, 0.717) is 22.1 Å². The van der Waals surface area contributed by atoms with Gasteiger partial charge in [-0.05, 0) is 55.1 Å². The summed E-state index contributed by atoms with van der Waals surface area (Å²) in [6.07, 6.45) is 7.11. The Hall–Kier alpha value is -1.06. The highest BCUT2D eigenvalue weighted by Gasteiger charge is 2.35. The Morgan fingerprint density at radius 3 is 2.83 bits per heavy atom. The fourth-order valence-electron chi connectivity index (χ4n) is 2.85. The van der Waals surface area contributed by atoms with E-state index in [1.54, 1.807) is 0 Å². The number of nitrogens with one attached hydrogen (secondary N) is 2. The van der Waals surface area contributed by atoms with E-state index in [1.165, 1.54) is 12.8 Å². The van der Waals surface area contributed by atoms with Gasteiger partial charge in [0.25, 0.3) is 0 Å². The topological polar surface area (TPSA) is 24.1 Å². The van der Waals surface area contributed by atoms with E-state index in [9.17, 15) is 0 Å². The lowest BCUT2D eigenvalue weighted by atomic mass is 10.0. The van der Waals surface area contributed by atoms with Gasteiger partial charge in [0.05, 0.1) is 0 Å². The third-order valence-electron chi connectivity index (χ3n) is 3.68. The minimum atomic E-state index is 0.485. The van der Waals surface area contributed by atoms with Gasteiger partial charge in [0.15, 0.2) is 5.11 Å². The zero-order chi connectivity index (χ0) is 12.5. The number of benzene rings is 1. The summed E-state index contributed by atoms with van der Waals surface area (Å²) in [5.74, 6) is 1.40. The molecule has 3 atom stereocenters. The first kappa shape index (κ1) is 12.0. The zero-order valence-electron chi connectivity index (χ0n) is 9.90. The minimum Gasteiger partial charge on any atom is -0.359 e. The average Bonchev–Trinajstić information content (AvgIpc) is 2.90. The van der Waals surface area contributed by atoms with Crippen molar-refractivity contribution in [3.63, 3.8) is 0 Å². The minimum absolute atomic E-state index is 0.485. The summed E-state index contributed by atoms with van der Waals surface area (Å²) in [5, 5.41) is 7.98. The van der Waals surface area contributed by atoms with Crippen molar-refractivity contribution in [2.45, 2.75) is 18.9 Å². The Morgan fingerprint density at radius 2 is 2.17 bits per heavy atom. The van der Waals surface area contributed by atoms with Crippen molar-refractivity contribution in [3.8, 4) is 0 Å². The van der Waals surface area contributed by atoms with Gasteiger partial charge >= 0.3 is 0 Å². The van der Waals surface area contributed by atoms with E-state index < -0.39 is 0 Å². The summed E-state index contributed by atoms with van der Waals surface area (Å²) in [6, 6.07) is 8.08. The molecule has 2 aliphatic rings. The van der Waals surface area contributed by atoms with Crippen LogP contribution < -0.4 is 10.6 Å². The molecule has 2 nitrogen and oxygen atoms in total. The summed E-state index contributed by atoms with van der Waals surface area (Å²) in [5.41, 5.74) is 0.929. The molecular weight excluding hydrogens is 264 g/mol. The van der Waals surface area contributed by atoms with Crippen molar-refractivity contribution in [1.29, 1.82) is 0 Å². The fraction of sp³-hybridized carbons (Fsp3) is 0.357. The molecule has 0 heterocycles. The summed E-state index contributed by atoms with van der Waals surface area (Å²) in [4.78, 5) is 0. The third kappa shape index (κ3) is 2.52. The average molecular weight is 279 g/mol. The molecule has 2 aliphatic carbocycles. The first-order valence-electron chi connectivity index (χ1n) is 6.22.